The van der Waals surface area contributed by atoms with Crippen LogP contribution in [0.15, 0.2) is 41.2 Å². The summed E-state index contributed by atoms with van der Waals surface area (Å²) < 4.78 is 0. The number of hydrogen-bond donors (Lipinski definition) is 1. The summed E-state index contributed by atoms with van der Waals surface area (Å²) >= 11 is 1.54. The molecule has 1 N–H and O–H groups in total. The highest BCUT2D eigenvalue weighted by Crippen LogP contribution is 2.06. The molecule has 0 saturated carbocycles. The lowest BCUT2D eigenvalue weighted by atomic mass is 10.3. The molecule has 0 aliphatic rings. The Hall–Kier alpha value is -1.88. The standard InChI is InChI=1S/C13H15N3OS/c1-16(8-12-9-18-10-15-12)13(17)7-14-11-5-3-2-4-6-11/h2-6,9-10,14H,7-8H2,1H3. The van der Waals surface area contributed by atoms with Crippen LogP contribution in [0, 0.1) is 0 Å². The third-order valence-corrected chi connectivity index (χ3v) is 3.16. The normalized spacial score (nSPS) is 10.1. The van der Waals surface area contributed by atoms with Crippen molar-refractivity contribution in [1.29, 1.82) is 0 Å². The average Bonchev–Trinajstić information content (AvgIpc) is 2.90. The summed E-state index contributed by atoms with van der Waals surface area (Å²) in [6.07, 6.45) is 0. The SMILES string of the molecule is CN(Cc1cscn1)C(=O)CNc1ccccc1. The first-order valence-electron chi connectivity index (χ1n) is 5.65. The van der Waals surface area contributed by atoms with Gasteiger partial charge in [0.05, 0.1) is 24.3 Å². The lowest BCUT2D eigenvalue weighted by Gasteiger charge is -2.16. The Morgan fingerprint density at radius 1 is 1.39 bits per heavy atom. The fraction of sp³-hybridized carbons (Fsp3) is 0.231. The van der Waals surface area contributed by atoms with E-state index in [-0.39, 0.29) is 5.91 Å². The van der Waals surface area contributed by atoms with Gasteiger partial charge in [0, 0.05) is 18.1 Å². The maximum absolute atomic E-state index is 11.9. The van der Waals surface area contributed by atoms with Crippen LogP contribution >= 0.6 is 11.3 Å². The van der Waals surface area contributed by atoms with Gasteiger partial charge in [-0.25, -0.2) is 4.98 Å². The zero-order valence-corrected chi connectivity index (χ0v) is 11.0. The minimum Gasteiger partial charge on any atom is -0.376 e. The van der Waals surface area contributed by atoms with Crippen molar-refractivity contribution in [2.75, 3.05) is 18.9 Å². The first-order valence-corrected chi connectivity index (χ1v) is 6.60. The zero-order valence-electron chi connectivity index (χ0n) is 10.2. The Bertz CT molecular complexity index is 484. The van der Waals surface area contributed by atoms with Gasteiger partial charge < -0.3 is 10.2 Å². The van der Waals surface area contributed by atoms with Crippen LogP contribution in [-0.4, -0.2) is 29.4 Å². The minimum atomic E-state index is 0.0480. The van der Waals surface area contributed by atoms with Crippen LogP contribution in [0.1, 0.15) is 5.69 Å². The number of likely N-dealkylation sites (N-methyl/N-ethyl adjacent to an activating group) is 1. The number of carbonyl (C=O) groups excluding carboxylic acids is 1. The van der Waals surface area contributed by atoms with Gasteiger partial charge in [-0.1, -0.05) is 18.2 Å². The second-order valence-electron chi connectivity index (χ2n) is 3.95. The molecule has 2 aromatic rings. The molecule has 18 heavy (non-hydrogen) atoms. The van der Waals surface area contributed by atoms with E-state index in [2.05, 4.69) is 10.3 Å². The summed E-state index contributed by atoms with van der Waals surface area (Å²) in [5.74, 6) is 0.0480. The third kappa shape index (κ3) is 3.56. The van der Waals surface area contributed by atoms with Gasteiger partial charge in [0.25, 0.3) is 0 Å². The van der Waals surface area contributed by atoms with Crippen LogP contribution in [0.2, 0.25) is 0 Å². The lowest BCUT2D eigenvalue weighted by Crippen LogP contribution is -2.31. The van der Waals surface area contributed by atoms with Crippen molar-refractivity contribution in [3.63, 3.8) is 0 Å². The molecule has 0 atom stereocenters. The topological polar surface area (TPSA) is 45.2 Å². The smallest absolute Gasteiger partial charge is 0.241 e. The molecular formula is C13H15N3OS. The Labute approximate surface area is 110 Å². The number of thiazole rings is 1. The quantitative estimate of drug-likeness (QED) is 0.897. The van der Waals surface area contributed by atoms with E-state index in [1.807, 2.05) is 35.7 Å². The predicted octanol–water partition coefficient (Wildman–Crippen LogP) is 2.21. The molecule has 1 aromatic heterocycles. The molecule has 4 nitrogen and oxygen atoms in total. The number of amides is 1. The van der Waals surface area contributed by atoms with Crippen molar-refractivity contribution >= 4 is 22.9 Å². The van der Waals surface area contributed by atoms with Crippen molar-refractivity contribution in [1.82, 2.24) is 9.88 Å². The van der Waals surface area contributed by atoms with Crippen molar-refractivity contribution < 1.29 is 4.79 Å². The second-order valence-corrected chi connectivity index (χ2v) is 4.67. The number of anilines is 1. The number of carbonyl (C=O) groups is 1. The van der Waals surface area contributed by atoms with Gasteiger partial charge in [-0.2, -0.15) is 0 Å². The van der Waals surface area contributed by atoms with Crippen LogP contribution in [0.5, 0.6) is 0 Å². The number of rotatable bonds is 5. The first-order chi connectivity index (χ1) is 8.75. The van der Waals surface area contributed by atoms with Crippen molar-refractivity contribution in [3.8, 4) is 0 Å². The average molecular weight is 261 g/mol. The Balaban J connectivity index is 1.81. The number of benzene rings is 1. The molecular weight excluding hydrogens is 246 g/mol. The van der Waals surface area contributed by atoms with Gasteiger partial charge in [0.2, 0.25) is 5.91 Å². The van der Waals surface area contributed by atoms with E-state index in [1.165, 1.54) is 11.3 Å². The fourth-order valence-corrected chi connectivity index (χ4v) is 2.07. The van der Waals surface area contributed by atoms with E-state index in [1.54, 1.807) is 17.5 Å². The summed E-state index contributed by atoms with van der Waals surface area (Å²) in [4.78, 5) is 17.7. The lowest BCUT2D eigenvalue weighted by molar-refractivity contribution is -0.128. The summed E-state index contributed by atoms with van der Waals surface area (Å²) in [6, 6.07) is 9.69. The Morgan fingerprint density at radius 3 is 2.83 bits per heavy atom. The molecule has 2 rings (SSSR count). The van der Waals surface area contributed by atoms with E-state index >= 15 is 0 Å². The summed E-state index contributed by atoms with van der Waals surface area (Å²) in [6.45, 7) is 0.851. The van der Waals surface area contributed by atoms with Gasteiger partial charge in [-0.15, -0.1) is 11.3 Å². The van der Waals surface area contributed by atoms with Crippen molar-refractivity contribution in [3.05, 3.63) is 46.9 Å². The van der Waals surface area contributed by atoms with Crippen molar-refractivity contribution in [2.24, 2.45) is 0 Å². The van der Waals surface area contributed by atoms with Gasteiger partial charge in [-0.3, -0.25) is 4.79 Å². The molecule has 0 aliphatic carbocycles. The number of hydrogen-bond acceptors (Lipinski definition) is 4. The second kappa shape index (κ2) is 6.16. The monoisotopic (exact) mass is 261 g/mol. The molecule has 1 heterocycles. The van der Waals surface area contributed by atoms with E-state index in [0.29, 0.717) is 13.1 Å². The number of nitrogens with one attached hydrogen (secondary N) is 1. The van der Waals surface area contributed by atoms with E-state index in [4.69, 9.17) is 0 Å². The number of para-hydroxylation sites is 1. The molecule has 0 spiro atoms. The first kappa shape index (κ1) is 12.6. The molecule has 0 bridgehead atoms. The van der Waals surface area contributed by atoms with Gasteiger partial charge in [0.1, 0.15) is 0 Å². The van der Waals surface area contributed by atoms with Gasteiger partial charge >= 0.3 is 0 Å². The molecule has 0 aliphatic heterocycles. The largest absolute Gasteiger partial charge is 0.376 e. The summed E-state index contributed by atoms with van der Waals surface area (Å²) in [7, 11) is 1.79. The van der Waals surface area contributed by atoms with Crippen LogP contribution in [-0.2, 0) is 11.3 Å². The molecule has 94 valence electrons. The van der Waals surface area contributed by atoms with Crippen LogP contribution < -0.4 is 5.32 Å². The van der Waals surface area contributed by atoms with E-state index in [9.17, 15) is 4.79 Å². The summed E-state index contributed by atoms with van der Waals surface area (Å²) in [5.41, 5.74) is 3.65. The zero-order chi connectivity index (χ0) is 12.8. The maximum atomic E-state index is 11.9. The third-order valence-electron chi connectivity index (χ3n) is 2.53. The number of nitrogens with zero attached hydrogens (tertiary/aromatic N) is 2. The molecule has 0 unspecified atom stereocenters. The Kier molecular flexibility index (Phi) is 4.30. The van der Waals surface area contributed by atoms with E-state index < -0.39 is 0 Å². The molecule has 0 saturated heterocycles. The van der Waals surface area contributed by atoms with Crippen LogP contribution in [0.4, 0.5) is 5.69 Å². The fourth-order valence-electron chi connectivity index (χ4n) is 1.52. The molecule has 1 amide bonds. The van der Waals surface area contributed by atoms with Gasteiger partial charge in [-0.05, 0) is 12.1 Å². The molecule has 0 radical (unpaired) electrons. The summed E-state index contributed by atoms with van der Waals surface area (Å²) in [5, 5.41) is 5.05. The highest BCUT2D eigenvalue weighted by Gasteiger charge is 2.09. The van der Waals surface area contributed by atoms with Crippen LogP contribution in [0.25, 0.3) is 0 Å². The Morgan fingerprint density at radius 2 is 2.17 bits per heavy atom. The number of aromatic nitrogens is 1. The minimum absolute atomic E-state index is 0.0480. The molecule has 1 aromatic carbocycles. The maximum Gasteiger partial charge on any atom is 0.241 e. The highest BCUT2D eigenvalue weighted by atomic mass is 32.1. The van der Waals surface area contributed by atoms with Gasteiger partial charge in [0.15, 0.2) is 0 Å². The van der Waals surface area contributed by atoms with Crippen molar-refractivity contribution in [2.45, 2.75) is 6.54 Å². The van der Waals surface area contributed by atoms with Crippen LogP contribution in [0.3, 0.4) is 0 Å². The molecule has 0 fully saturated rings. The predicted molar refractivity (Wildman–Crippen MR) is 73.5 cm³/mol. The van der Waals surface area contributed by atoms with E-state index in [0.717, 1.165) is 11.4 Å². The molecule has 5 heteroatoms. The highest BCUT2D eigenvalue weighted by molar-refractivity contribution is 7.07.